The lowest BCUT2D eigenvalue weighted by molar-refractivity contribution is 0.696. The molecule has 1 aromatic heterocycles. The number of aromatic nitrogens is 2. The van der Waals surface area contributed by atoms with Crippen LogP contribution in [0.2, 0.25) is 0 Å². The van der Waals surface area contributed by atoms with Crippen molar-refractivity contribution >= 4 is 21.7 Å². The van der Waals surface area contributed by atoms with Crippen LogP contribution in [0.4, 0.5) is 5.82 Å². The summed E-state index contributed by atoms with van der Waals surface area (Å²) in [6.07, 6.45) is 5.12. The first-order chi connectivity index (χ1) is 9.78. The summed E-state index contributed by atoms with van der Waals surface area (Å²) in [7, 11) is 1.91. The van der Waals surface area contributed by atoms with E-state index in [0.717, 1.165) is 21.7 Å². The van der Waals surface area contributed by atoms with Gasteiger partial charge in [0.1, 0.15) is 5.82 Å². The summed E-state index contributed by atoms with van der Waals surface area (Å²) in [5, 5.41) is 3.15. The molecule has 3 rings (SSSR count). The molecule has 0 spiro atoms. The zero-order valence-corrected chi connectivity index (χ0v) is 13.2. The second-order valence-corrected chi connectivity index (χ2v) is 6.07. The average molecular weight is 332 g/mol. The molecule has 0 amide bonds. The molecular formula is C16H18BrN3. The van der Waals surface area contributed by atoms with Gasteiger partial charge < -0.3 is 5.32 Å². The number of rotatable bonds is 3. The van der Waals surface area contributed by atoms with Crippen LogP contribution in [0.1, 0.15) is 37.3 Å². The third-order valence-electron chi connectivity index (χ3n) is 3.89. The number of anilines is 1. The Morgan fingerprint density at radius 2 is 1.90 bits per heavy atom. The van der Waals surface area contributed by atoms with Crippen LogP contribution in [0.5, 0.6) is 0 Å². The molecule has 4 heteroatoms. The molecule has 2 aromatic rings. The number of halogens is 1. The van der Waals surface area contributed by atoms with E-state index in [0.29, 0.717) is 5.92 Å². The van der Waals surface area contributed by atoms with Crippen LogP contribution in [0.25, 0.3) is 11.4 Å². The zero-order valence-electron chi connectivity index (χ0n) is 11.6. The molecule has 0 saturated heterocycles. The number of benzene rings is 1. The molecule has 3 nitrogen and oxygen atoms in total. The highest BCUT2D eigenvalue weighted by atomic mass is 79.9. The van der Waals surface area contributed by atoms with Crippen molar-refractivity contribution in [3.63, 3.8) is 0 Å². The van der Waals surface area contributed by atoms with Crippen molar-refractivity contribution in [2.24, 2.45) is 0 Å². The highest BCUT2D eigenvalue weighted by molar-refractivity contribution is 9.10. The molecule has 1 N–H and O–H groups in total. The molecule has 0 aliphatic heterocycles. The first-order valence-corrected chi connectivity index (χ1v) is 7.89. The van der Waals surface area contributed by atoms with Crippen LogP contribution in [0, 0.1) is 0 Å². The van der Waals surface area contributed by atoms with Crippen LogP contribution in [0.15, 0.2) is 34.8 Å². The fourth-order valence-electron chi connectivity index (χ4n) is 2.79. The van der Waals surface area contributed by atoms with Gasteiger partial charge in [0.25, 0.3) is 0 Å². The highest BCUT2D eigenvalue weighted by Crippen LogP contribution is 2.35. The average Bonchev–Trinajstić information content (AvgIpc) is 3.01. The normalized spacial score (nSPS) is 15.5. The van der Waals surface area contributed by atoms with E-state index in [1.165, 1.54) is 31.4 Å². The van der Waals surface area contributed by atoms with E-state index in [1.807, 2.05) is 25.2 Å². The van der Waals surface area contributed by atoms with Crippen LogP contribution in [0.3, 0.4) is 0 Å². The smallest absolute Gasteiger partial charge is 0.162 e. The molecule has 1 fully saturated rings. The Balaban J connectivity index is 2.06. The van der Waals surface area contributed by atoms with Gasteiger partial charge in [-0.25, -0.2) is 9.97 Å². The third kappa shape index (κ3) is 2.70. The molecule has 1 saturated carbocycles. The fourth-order valence-corrected chi connectivity index (χ4v) is 3.25. The summed E-state index contributed by atoms with van der Waals surface area (Å²) in [5.41, 5.74) is 2.22. The summed E-state index contributed by atoms with van der Waals surface area (Å²) in [6.45, 7) is 0. The maximum atomic E-state index is 4.81. The van der Waals surface area contributed by atoms with Gasteiger partial charge in [-0.05, 0) is 18.9 Å². The summed E-state index contributed by atoms with van der Waals surface area (Å²) in [5.74, 6) is 2.28. The van der Waals surface area contributed by atoms with Crippen LogP contribution in [-0.2, 0) is 0 Å². The molecule has 0 unspecified atom stereocenters. The van der Waals surface area contributed by atoms with Crippen molar-refractivity contribution < 1.29 is 0 Å². The van der Waals surface area contributed by atoms with Gasteiger partial charge in [0.2, 0.25) is 0 Å². The van der Waals surface area contributed by atoms with Crippen LogP contribution in [-0.4, -0.2) is 17.0 Å². The SMILES string of the molecule is CNc1cc(C2CCCC2)nc(-c2ccccc2Br)n1. The van der Waals surface area contributed by atoms with E-state index in [-0.39, 0.29) is 0 Å². The molecule has 104 valence electrons. The Morgan fingerprint density at radius 1 is 1.15 bits per heavy atom. The standard InChI is InChI=1S/C16H18BrN3/c1-18-15-10-14(11-6-2-3-7-11)19-16(20-15)12-8-4-5-9-13(12)17/h4-5,8-11H,2-3,6-7H2,1H3,(H,18,19,20). The minimum absolute atomic E-state index is 0.589. The van der Waals surface area contributed by atoms with Crippen LogP contribution >= 0.6 is 15.9 Å². The topological polar surface area (TPSA) is 37.8 Å². The molecule has 1 aliphatic rings. The summed E-state index contributed by atoms with van der Waals surface area (Å²) < 4.78 is 1.03. The van der Waals surface area contributed by atoms with Crippen molar-refractivity contribution in [1.29, 1.82) is 0 Å². The maximum Gasteiger partial charge on any atom is 0.162 e. The molecule has 0 bridgehead atoms. The fraction of sp³-hybridized carbons (Fsp3) is 0.375. The van der Waals surface area contributed by atoms with E-state index in [1.54, 1.807) is 0 Å². The predicted molar refractivity (Wildman–Crippen MR) is 85.9 cm³/mol. The van der Waals surface area contributed by atoms with Crippen molar-refractivity contribution in [1.82, 2.24) is 9.97 Å². The number of hydrogen-bond acceptors (Lipinski definition) is 3. The minimum Gasteiger partial charge on any atom is -0.373 e. The Labute approximate surface area is 128 Å². The zero-order chi connectivity index (χ0) is 13.9. The Bertz CT molecular complexity index is 606. The van der Waals surface area contributed by atoms with Gasteiger partial charge in [-0.3, -0.25) is 0 Å². The Hall–Kier alpha value is -1.42. The van der Waals surface area contributed by atoms with Gasteiger partial charge >= 0.3 is 0 Å². The van der Waals surface area contributed by atoms with E-state index in [4.69, 9.17) is 4.98 Å². The molecule has 20 heavy (non-hydrogen) atoms. The minimum atomic E-state index is 0.589. The van der Waals surface area contributed by atoms with Crippen molar-refractivity contribution in [3.8, 4) is 11.4 Å². The summed E-state index contributed by atoms with van der Waals surface area (Å²) >= 11 is 3.59. The molecular weight excluding hydrogens is 314 g/mol. The second-order valence-electron chi connectivity index (χ2n) is 5.21. The van der Waals surface area contributed by atoms with Gasteiger partial charge in [0.05, 0.1) is 0 Å². The predicted octanol–water partition coefficient (Wildman–Crippen LogP) is 4.61. The van der Waals surface area contributed by atoms with Gasteiger partial charge in [0.15, 0.2) is 5.82 Å². The summed E-state index contributed by atoms with van der Waals surface area (Å²) in [4.78, 5) is 9.42. The first kappa shape index (κ1) is 13.6. The van der Waals surface area contributed by atoms with Gasteiger partial charge in [0, 0.05) is 34.8 Å². The van der Waals surface area contributed by atoms with E-state index in [9.17, 15) is 0 Å². The molecule has 1 aliphatic carbocycles. The monoisotopic (exact) mass is 331 g/mol. The van der Waals surface area contributed by atoms with Crippen molar-refractivity contribution in [2.75, 3.05) is 12.4 Å². The Morgan fingerprint density at radius 3 is 2.60 bits per heavy atom. The van der Waals surface area contributed by atoms with E-state index >= 15 is 0 Å². The highest BCUT2D eigenvalue weighted by Gasteiger charge is 2.20. The second kappa shape index (κ2) is 5.92. The lowest BCUT2D eigenvalue weighted by Crippen LogP contribution is -2.04. The van der Waals surface area contributed by atoms with Crippen molar-refractivity contribution in [3.05, 3.63) is 40.5 Å². The Kier molecular flexibility index (Phi) is 4.01. The lowest BCUT2D eigenvalue weighted by atomic mass is 10.0. The molecule has 0 radical (unpaired) electrons. The largest absolute Gasteiger partial charge is 0.373 e. The van der Waals surface area contributed by atoms with Gasteiger partial charge in [-0.1, -0.05) is 47.0 Å². The first-order valence-electron chi connectivity index (χ1n) is 7.09. The number of hydrogen-bond donors (Lipinski definition) is 1. The van der Waals surface area contributed by atoms with E-state index in [2.05, 4.69) is 38.4 Å². The van der Waals surface area contributed by atoms with Gasteiger partial charge in [-0.15, -0.1) is 0 Å². The summed E-state index contributed by atoms with van der Waals surface area (Å²) in [6, 6.07) is 10.2. The number of nitrogens with zero attached hydrogens (tertiary/aromatic N) is 2. The van der Waals surface area contributed by atoms with Crippen LogP contribution < -0.4 is 5.32 Å². The molecule has 0 atom stereocenters. The van der Waals surface area contributed by atoms with Gasteiger partial charge in [-0.2, -0.15) is 0 Å². The van der Waals surface area contributed by atoms with Crippen molar-refractivity contribution in [2.45, 2.75) is 31.6 Å². The molecule has 1 heterocycles. The quantitative estimate of drug-likeness (QED) is 0.892. The lowest BCUT2D eigenvalue weighted by Gasteiger charge is -2.13. The van der Waals surface area contributed by atoms with E-state index < -0.39 is 0 Å². The number of nitrogens with one attached hydrogen (secondary N) is 1. The maximum absolute atomic E-state index is 4.81. The third-order valence-corrected chi connectivity index (χ3v) is 4.58. The molecule has 1 aromatic carbocycles.